The number of hydrogen-bond acceptors (Lipinski definition) is 22. The van der Waals surface area contributed by atoms with Gasteiger partial charge in [0.05, 0.1) is 32.6 Å². The lowest BCUT2D eigenvalue weighted by molar-refractivity contribution is -0.162. The number of nitrogens with two attached hydrogens (primary N) is 4. The predicted molar refractivity (Wildman–Crippen MR) is 400 cm³/mol. The Kier molecular flexibility index (Phi) is 38.5. The number of aromatic amines is 1. The Hall–Kier alpha value is -10.7. The van der Waals surface area contributed by atoms with Crippen molar-refractivity contribution in [2.75, 3.05) is 46.9 Å². The number of H-pyrrole nitrogens is 1. The first-order valence-corrected chi connectivity index (χ1v) is 36.9. The van der Waals surface area contributed by atoms with Gasteiger partial charge in [0.25, 0.3) is 0 Å². The number of hydrogen-bond donors (Lipinski definition) is 19. The normalized spacial score (nSPS) is 24.2. The van der Waals surface area contributed by atoms with E-state index in [9.17, 15) is 92.3 Å². The van der Waals surface area contributed by atoms with E-state index in [0.717, 1.165) is 9.80 Å². The molecule has 38 heteroatoms. The predicted octanol–water partition coefficient (Wildman–Crippen LogP) is -5.02. The van der Waals surface area contributed by atoms with Crippen molar-refractivity contribution in [1.29, 1.82) is 0 Å². The van der Waals surface area contributed by atoms with E-state index in [1.54, 1.807) is 88.5 Å². The van der Waals surface area contributed by atoms with E-state index in [0.29, 0.717) is 34.9 Å². The maximum absolute atomic E-state index is 15.1. The van der Waals surface area contributed by atoms with Crippen molar-refractivity contribution in [1.82, 2.24) is 68.0 Å². The van der Waals surface area contributed by atoms with E-state index in [-0.39, 0.29) is 76.3 Å². The lowest BCUT2D eigenvalue weighted by Crippen LogP contribution is -2.63. The number of rotatable bonds is 26. The number of cyclic esters (lactones) is 1. The molecule has 1 aliphatic heterocycles. The number of aliphatic carboxylic acids is 1. The molecule has 2 aromatic carbocycles. The summed E-state index contributed by atoms with van der Waals surface area (Å²) in [6, 6.07) is -4.44. The third kappa shape index (κ3) is 29.9. The highest BCUT2D eigenvalue weighted by Crippen LogP contribution is 2.23. The average Bonchev–Trinajstić information content (AvgIpc) is 1.77. The molecule has 38 nitrogen and oxygen atoms in total. The topological polar surface area (TPSA) is 610 Å². The molecule has 0 saturated carbocycles. The Morgan fingerprint density at radius 1 is 0.559 bits per heavy atom. The second-order valence-electron chi connectivity index (χ2n) is 28.6. The Bertz CT molecular complexity index is 3710. The Morgan fingerprint density at radius 3 is 1.66 bits per heavy atom. The summed E-state index contributed by atoms with van der Waals surface area (Å²) in [5.74, 6) is -19.9. The summed E-state index contributed by atoms with van der Waals surface area (Å²) >= 11 is 0. The molecule has 1 aliphatic rings. The van der Waals surface area contributed by atoms with E-state index in [1.807, 2.05) is 24.5 Å². The number of nitrogens with one attached hydrogen (secondary N) is 11. The first-order chi connectivity index (χ1) is 52.4. The van der Waals surface area contributed by atoms with Crippen LogP contribution in [0, 0.1) is 17.8 Å². The number of carbonyl (C=O) groups excluding carboxylic acids is 15. The second kappa shape index (κ2) is 46.1. The Labute approximate surface area is 642 Å². The van der Waals surface area contributed by atoms with Crippen LogP contribution in [-0.4, -0.2) is 255 Å². The maximum Gasteiger partial charge on any atom is 0.329 e. The van der Waals surface area contributed by atoms with E-state index >= 15 is 4.79 Å². The van der Waals surface area contributed by atoms with Crippen LogP contribution in [0.2, 0.25) is 0 Å². The lowest BCUT2D eigenvalue weighted by atomic mass is 9.99. The molecule has 14 amide bonds. The van der Waals surface area contributed by atoms with Crippen molar-refractivity contribution < 1.29 is 102 Å². The zero-order valence-electron chi connectivity index (χ0n) is 63.9. The largest absolute Gasteiger partial charge is 0.481 e. The number of esters is 1. The molecule has 1 saturated heterocycles. The van der Waals surface area contributed by atoms with Gasteiger partial charge >= 0.3 is 11.9 Å². The molecule has 1 aromatic heterocycles. The van der Waals surface area contributed by atoms with Gasteiger partial charge in [0.2, 0.25) is 82.7 Å². The average molecular weight is 1560 g/mol. The number of ether oxygens (including phenoxy) is 1. The second-order valence-corrected chi connectivity index (χ2v) is 28.6. The molecule has 23 N–H and O–H groups in total. The van der Waals surface area contributed by atoms with Crippen LogP contribution >= 0.6 is 0 Å². The quantitative estimate of drug-likeness (QED) is 0.0335. The third-order valence-electron chi connectivity index (χ3n) is 18.4. The summed E-state index contributed by atoms with van der Waals surface area (Å²) in [6.07, 6.45) is -5.48. The molecular formula is C73H111N17O21. The number of fused-ring (bicyclic) bond motifs is 1. The monoisotopic (exact) mass is 1560 g/mol. The Morgan fingerprint density at radius 2 is 1.08 bits per heavy atom. The van der Waals surface area contributed by atoms with Crippen LogP contribution in [0.25, 0.3) is 10.9 Å². The van der Waals surface area contributed by atoms with E-state index in [4.69, 9.17) is 27.7 Å². The van der Waals surface area contributed by atoms with Gasteiger partial charge in [-0.2, -0.15) is 0 Å². The number of carboxylic acids is 1. The molecule has 0 aliphatic carbocycles. The summed E-state index contributed by atoms with van der Waals surface area (Å²) in [5, 5.41) is 66.0. The zero-order chi connectivity index (χ0) is 82.9. The standard InChI is InChI=1S/C73H111N17O21/c1-38(2)17-14-20-43-32-56(94)80-53(37-92)69(106)88-59(61(98)62(77)99)71(108)87-52(36-91)63(100)79-35-57(95)89(7)54(30-41-18-10-9-11-19-41)70(107)86-49(29-39(3)4)66(103)81-46(23-15-27-74)64(101)82-47(25-26-58(96)97)65(102)85-51(33-55(76)93)68(105)84-50(31-42-34-78-45-22-13-12-21-44(42)45)67(104)83-48(24-16-28-75)72(109)90(8)60(40(5)6)73(110)111-43/h9-13,18-19,21-22,34,38-40,43,46-54,59-61,78,91-92,98H,14-17,20,23-33,35-37,74-75H2,1-8H3,(H2,76,93)(H2,77,99)(H,79,100)(H,80,94)(H,81,103)(H,82,101)(H,83,104)(H,84,105)(H,85,102)(H,86,107)(H,87,108)(H,88,106)(H,96,97)/t43-,46-,47+,48-,49+,50-,51-,52+,53+,54-,59-,60+,61+/m1/s1. The van der Waals surface area contributed by atoms with Crippen molar-refractivity contribution in [2.24, 2.45) is 40.7 Å². The molecule has 0 bridgehead atoms. The van der Waals surface area contributed by atoms with E-state index in [1.165, 1.54) is 14.1 Å². The molecule has 111 heavy (non-hydrogen) atoms. The van der Waals surface area contributed by atoms with Crippen LogP contribution in [0.4, 0.5) is 0 Å². The highest BCUT2D eigenvalue weighted by molar-refractivity contribution is 6.01. The zero-order valence-corrected chi connectivity index (χ0v) is 63.9. The first kappa shape index (κ1) is 92.7. The highest BCUT2D eigenvalue weighted by atomic mass is 16.5. The fourth-order valence-corrected chi connectivity index (χ4v) is 12.3. The van der Waals surface area contributed by atoms with Gasteiger partial charge in [-0.15, -0.1) is 0 Å². The number of aromatic nitrogens is 1. The highest BCUT2D eigenvalue weighted by Gasteiger charge is 2.42. The van der Waals surface area contributed by atoms with Crippen LogP contribution in [0.1, 0.15) is 130 Å². The molecule has 0 unspecified atom stereocenters. The number of para-hydroxylation sites is 1. The van der Waals surface area contributed by atoms with Crippen LogP contribution in [0.3, 0.4) is 0 Å². The van der Waals surface area contributed by atoms with E-state index in [2.05, 4.69) is 47.5 Å². The van der Waals surface area contributed by atoms with Gasteiger partial charge in [-0.05, 0) is 99.4 Å². The summed E-state index contributed by atoms with van der Waals surface area (Å²) in [4.78, 5) is 230. The lowest BCUT2D eigenvalue weighted by Gasteiger charge is -2.34. The molecule has 4 rings (SSSR count). The molecule has 0 radical (unpaired) electrons. The molecule has 1 fully saturated rings. The molecule has 2 heterocycles. The number of carbonyl (C=O) groups is 16. The minimum Gasteiger partial charge on any atom is -0.481 e. The Balaban J connectivity index is 1.92. The van der Waals surface area contributed by atoms with Gasteiger partial charge in [-0.3, -0.25) is 71.9 Å². The summed E-state index contributed by atoms with van der Waals surface area (Å²) in [7, 11) is 2.44. The fraction of sp³-hybridized carbons (Fsp3) is 0.589. The molecule has 13 atom stereocenters. The van der Waals surface area contributed by atoms with Crippen molar-refractivity contribution in [3.05, 3.63) is 71.9 Å². The van der Waals surface area contributed by atoms with Gasteiger partial charge in [-0.25, -0.2) is 4.79 Å². The van der Waals surface area contributed by atoms with Crippen LogP contribution in [-0.2, 0) is 94.3 Å². The molecule has 614 valence electrons. The number of likely N-dealkylation sites (N-methyl/N-ethyl adjacent to an activating group) is 2. The number of amides is 14. The van der Waals surface area contributed by atoms with Gasteiger partial charge in [-0.1, -0.05) is 96.5 Å². The van der Waals surface area contributed by atoms with Crippen LogP contribution < -0.4 is 76.1 Å². The smallest absolute Gasteiger partial charge is 0.329 e. The van der Waals surface area contributed by atoms with Crippen LogP contribution in [0.5, 0.6) is 0 Å². The maximum atomic E-state index is 15.1. The van der Waals surface area contributed by atoms with Crippen LogP contribution in [0.15, 0.2) is 60.8 Å². The molecular weight excluding hydrogens is 1450 g/mol. The number of primary amides is 2. The number of aliphatic hydroxyl groups excluding tert-OH is 3. The molecule has 3 aromatic rings. The number of nitrogens with zero attached hydrogens (tertiary/aromatic N) is 2. The summed E-state index contributed by atoms with van der Waals surface area (Å²) in [6.45, 7) is 6.91. The SMILES string of the molecule is CC(C)CCC[C@@H]1CC(=O)N[C@@H](CO)C(=O)N[C@H]([C@H](O)C(N)=O)C(=O)N[C@@H](CO)C(=O)NCC(=O)N(C)[C@H](Cc2ccccc2)C(=O)N[C@@H](CC(C)C)C(=O)N[C@H](CCCN)C(=O)N[C@@H](CCC(=O)O)C(=O)N[C@H](CC(N)=O)C(=O)N[C@H](Cc2c[nH]c3ccccc23)C(=O)N[C@H](CCCN)C(=O)N(C)[C@@H](C(C)C)C(=O)O1. The first-order valence-electron chi connectivity index (χ1n) is 36.9. The number of aliphatic hydroxyl groups is 3. The number of benzene rings is 2. The van der Waals surface area contributed by atoms with Crippen molar-refractivity contribution in [3.63, 3.8) is 0 Å². The fourth-order valence-electron chi connectivity index (χ4n) is 12.3. The third-order valence-corrected chi connectivity index (χ3v) is 18.4. The van der Waals surface area contributed by atoms with Crippen molar-refractivity contribution in [2.45, 2.75) is 210 Å². The number of carboxylic acid groups (broad SMARTS) is 1. The summed E-state index contributed by atoms with van der Waals surface area (Å²) < 4.78 is 6.01. The molecule has 0 spiro atoms. The van der Waals surface area contributed by atoms with Gasteiger partial charge < -0.3 is 116 Å². The minimum absolute atomic E-state index is 0.0136. The van der Waals surface area contributed by atoms with Gasteiger partial charge in [0.1, 0.15) is 72.6 Å². The van der Waals surface area contributed by atoms with Gasteiger partial charge in [0, 0.05) is 50.5 Å². The minimum atomic E-state index is -2.59. The van der Waals surface area contributed by atoms with E-state index < -0.39 is 225 Å². The summed E-state index contributed by atoms with van der Waals surface area (Å²) in [5.41, 5.74) is 24.4. The van der Waals surface area contributed by atoms with Gasteiger partial charge in [0.15, 0.2) is 6.10 Å². The van der Waals surface area contributed by atoms with Crippen molar-refractivity contribution >= 4 is 106 Å². The van der Waals surface area contributed by atoms with Crippen molar-refractivity contribution in [3.8, 4) is 0 Å².